The Labute approximate surface area is 90.2 Å². The first kappa shape index (κ1) is 11.9. The highest BCUT2D eigenvalue weighted by atomic mass is 16.5. The highest BCUT2D eigenvalue weighted by Crippen LogP contribution is 2.10. The van der Waals surface area contributed by atoms with Crippen LogP contribution in [0, 0.1) is 0 Å². The van der Waals surface area contributed by atoms with Crippen molar-refractivity contribution in [3.8, 4) is 0 Å². The van der Waals surface area contributed by atoms with Gasteiger partial charge in [0, 0.05) is 6.61 Å². The van der Waals surface area contributed by atoms with Crippen molar-refractivity contribution >= 4 is 5.78 Å². The van der Waals surface area contributed by atoms with E-state index in [0.717, 1.165) is 12.0 Å². The van der Waals surface area contributed by atoms with Crippen molar-refractivity contribution in [2.24, 2.45) is 5.73 Å². The third-order valence-corrected chi connectivity index (χ3v) is 2.10. The van der Waals surface area contributed by atoms with Crippen molar-refractivity contribution < 1.29 is 9.53 Å². The molecule has 15 heavy (non-hydrogen) atoms. The molecule has 0 heterocycles. The Balaban J connectivity index is 2.46. The maximum absolute atomic E-state index is 11.6. The van der Waals surface area contributed by atoms with Crippen molar-refractivity contribution in [2.75, 3.05) is 13.2 Å². The van der Waals surface area contributed by atoms with Gasteiger partial charge in [0.1, 0.15) is 6.61 Å². The van der Waals surface area contributed by atoms with Gasteiger partial charge in [-0.25, -0.2) is 0 Å². The van der Waals surface area contributed by atoms with Gasteiger partial charge in [-0.15, -0.1) is 0 Å². The van der Waals surface area contributed by atoms with E-state index in [4.69, 9.17) is 10.5 Å². The Bertz CT molecular complexity index is 298. The molecule has 0 bridgehead atoms. The molecular formula is C12H17NO2. The second kappa shape index (κ2) is 6.32. The molecule has 0 spiro atoms. The summed E-state index contributed by atoms with van der Waals surface area (Å²) in [6, 6.07) is 8.77. The third-order valence-electron chi connectivity index (χ3n) is 2.10. The fourth-order valence-electron chi connectivity index (χ4n) is 1.25. The van der Waals surface area contributed by atoms with Crippen LogP contribution in [0.4, 0.5) is 0 Å². The van der Waals surface area contributed by atoms with Gasteiger partial charge in [0.15, 0.2) is 5.78 Å². The fourth-order valence-corrected chi connectivity index (χ4v) is 1.25. The Morgan fingerprint density at radius 3 is 2.67 bits per heavy atom. The SMILES string of the molecule is CCCOCC(=O)[C@H](N)c1ccccc1. The van der Waals surface area contributed by atoms with E-state index in [0.29, 0.717) is 6.61 Å². The summed E-state index contributed by atoms with van der Waals surface area (Å²) in [7, 11) is 0. The van der Waals surface area contributed by atoms with Crippen LogP contribution in [0.3, 0.4) is 0 Å². The molecule has 1 atom stereocenters. The summed E-state index contributed by atoms with van der Waals surface area (Å²) in [5.41, 5.74) is 6.63. The minimum absolute atomic E-state index is 0.0744. The zero-order chi connectivity index (χ0) is 11.1. The number of nitrogens with two attached hydrogens (primary N) is 1. The molecule has 1 aromatic rings. The molecule has 0 aliphatic rings. The molecule has 0 unspecified atom stereocenters. The van der Waals surface area contributed by atoms with Gasteiger partial charge in [0.25, 0.3) is 0 Å². The topological polar surface area (TPSA) is 52.3 Å². The lowest BCUT2D eigenvalue weighted by atomic mass is 10.0. The quantitative estimate of drug-likeness (QED) is 0.722. The van der Waals surface area contributed by atoms with E-state index < -0.39 is 6.04 Å². The second-order valence-electron chi connectivity index (χ2n) is 3.41. The molecule has 3 heteroatoms. The van der Waals surface area contributed by atoms with Crippen LogP contribution in [-0.2, 0) is 9.53 Å². The summed E-state index contributed by atoms with van der Waals surface area (Å²) < 4.78 is 5.16. The Hall–Kier alpha value is -1.19. The highest BCUT2D eigenvalue weighted by molar-refractivity contribution is 5.86. The third kappa shape index (κ3) is 3.81. The average molecular weight is 207 g/mol. The van der Waals surface area contributed by atoms with Crippen molar-refractivity contribution in [3.63, 3.8) is 0 Å². The van der Waals surface area contributed by atoms with Crippen LogP contribution in [0.15, 0.2) is 30.3 Å². The molecule has 1 rings (SSSR count). The van der Waals surface area contributed by atoms with E-state index in [9.17, 15) is 4.79 Å². The summed E-state index contributed by atoms with van der Waals surface area (Å²) in [5, 5.41) is 0. The summed E-state index contributed by atoms with van der Waals surface area (Å²) in [6.45, 7) is 2.71. The van der Waals surface area contributed by atoms with Crippen LogP contribution < -0.4 is 5.73 Å². The Kier molecular flexibility index (Phi) is 5.01. The number of hydrogen-bond acceptors (Lipinski definition) is 3. The van der Waals surface area contributed by atoms with E-state index in [1.807, 2.05) is 37.3 Å². The van der Waals surface area contributed by atoms with Crippen LogP contribution in [0.2, 0.25) is 0 Å². The van der Waals surface area contributed by atoms with E-state index in [2.05, 4.69) is 0 Å². The lowest BCUT2D eigenvalue weighted by molar-refractivity contribution is -0.125. The van der Waals surface area contributed by atoms with Crippen molar-refractivity contribution in [2.45, 2.75) is 19.4 Å². The molecule has 1 aromatic carbocycles. The number of carbonyl (C=O) groups is 1. The summed E-state index contributed by atoms with van der Waals surface area (Å²) >= 11 is 0. The maximum atomic E-state index is 11.6. The second-order valence-corrected chi connectivity index (χ2v) is 3.41. The maximum Gasteiger partial charge on any atom is 0.179 e. The summed E-state index contributed by atoms with van der Waals surface area (Å²) in [5.74, 6) is -0.0744. The molecule has 0 radical (unpaired) electrons. The van der Waals surface area contributed by atoms with Gasteiger partial charge in [0.2, 0.25) is 0 Å². The number of benzene rings is 1. The van der Waals surface area contributed by atoms with Gasteiger partial charge in [0.05, 0.1) is 6.04 Å². The van der Waals surface area contributed by atoms with E-state index in [1.54, 1.807) is 0 Å². The number of hydrogen-bond donors (Lipinski definition) is 1. The molecule has 0 aromatic heterocycles. The summed E-state index contributed by atoms with van der Waals surface area (Å²) in [4.78, 5) is 11.6. The normalized spacial score (nSPS) is 12.4. The smallest absolute Gasteiger partial charge is 0.179 e. The molecule has 0 fully saturated rings. The van der Waals surface area contributed by atoms with Gasteiger partial charge < -0.3 is 10.5 Å². The van der Waals surface area contributed by atoms with Gasteiger partial charge in [-0.3, -0.25) is 4.79 Å². The van der Waals surface area contributed by atoms with Crippen LogP contribution in [0.25, 0.3) is 0 Å². The predicted molar refractivity (Wildman–Crippen MR) is 59.5 cm³/mol. The molecule has 3 nitrogen and oxygen atoms in total. The van der Waals surface area contributed by atoms with Crippen LogP contribution in [0.5, 0.6) is 0 Å². The van der Waals surface area contributed by atoms with Gasteiger partial charge in [-0.2, -0.15) is 0 Å². The molecule has 0 amide bonds. The lowest BCUT2D eigenvalue weighted by Crippen LogP contribution is -2.25. The molecule has 2 N–H and O–H groups in total. The zero-order valence-electron chi connectivity index (χ0n) is 8.98. The van der Waals surface area contributed by atoms with E-state index >= 15 is 0 Å². The highest BCUT2D eigenvalue weighted by Gasteiger charge is 2.14. The first-order chi connectivity index (χ1) is 7.25. The van der Waals surface area contributed by atoms with Gasteiger partial charge in [-0.1, -0.05) is 37.3 Å². The predicted octanol–water partition coefficient (Wildman–Crippen LogP) is 1.68. The van der Waals surface area contributed by atoms with Crippen molar-refractivity contribution in [3.05, 3.63) is 35.9 Å². The minimum atomic E-state index is -0.567. The monoisotopic (exact) mass is 207 g/mol. The molecule has 0 saturated heterocycles. The van der Waals surface area contributed by atoms with E-state index in [-0.39, 0.29) is 12.4 Å². The largest absolute Gasteiger partial charge is 0.374 e. The molecule has 0 saturated carbocycles. The van der Waals surface area contributed by atoms with Gasteiger partial charge >= 0.3 is 0 Å². The lowest BCUT2D eigenvalue weighted by Gasteiger charge is -2.10. The van der Waals surface area contributed by atoms with Crippen LogP contribution in [-0.4, -0.2) is 19.0 Å². The zero-order valence-corrected chi connectivity index (χ0v) is 8.98. The number of ketones is 1. The van der Waals surface area contributed by atoms with Crippen molar-refractivity contribution in [1.29, 1.82) is 0 Å². The van der Waals surface area contributed by atoms with Crippen LogP contribution >= 0.6 is 0 Å². The fraction of sp³-hybridized carbons (Fsp3) is 0.417. The van der Waals surface area contributed by atoms with Gasteiger partial charge in [-0.05, 0) is 12.0 Å². The molecule has 0 aliphatic carbocycles. The minimum Gasteiger partial charge on any atom is -0.374 e. The van der Waals surface area contributed by atoms with E-state index in [1.165, 1.54) is 0 Å². The van der Waals surface area contributed by atoms with Crippen LogP contribution in [0.1, 0.15) is 24.9 Å². The first-order valence-corrected chi connectivity index (χ1v) is 5.16. The average Bonchev–Trinajstić information content (AvgIpc) is 2.29. The standard InChI is InChI=1S/C12H17NO2/c1-2-8-15-9-11(14)12(13)10-6-4-3-5-7-10/h3-7,12H,2,8-9,13H2,1H3/t12-/m1/s1. The Morgan fingerprint density at radius 1 is 1.40 bits per heavy atom. The number of carbonyl (C=O) groups excluding carboxylic acids is 1. The van der Waals surface area contributed by atoms with Crippen molar-refractivity contribution in [1.82, 2.24) is 0 Å². The summed E-state index contributed by atoms with van der Waals surface area (Å²) in [6.07, 6.45) is 0.911. The number of rotatable bonds is 6. The number of ether oxygens (including phenoxy) is 1. The number of Topliss-reactive ketones (excluding diaryl/α,β-unsaturated/α-hetero) is 1. The molecule has 82 valence electrons. The first-order valence-electron chi connectivity index (χ1n) is 5.16. The Morgan fingerprint density at radius 2 is 2.07 bits per heavy atom. The molecular weight excluding hydrogens is 190 g/mol. The molecule has 0 aliphatic heterocycles.